The van der Waals surface area contributed by atoms with Gasteiger partial charge < -0.3 is 20.1 Å². The van der Waals surface area contributed by atoms with Gasteiger partial charge in [0.1, 0.15) is 0 Å². The molecule has 0 aliphatic rings. The number of para-hydroxylation sites is 1. The lowest BCUT2D eigenvalue weighted by Crippen LogP contribution is -2.19. The van der Waals surface area contributed by atoms with E-state index in [1.807, 2.05) is 0 Å². The number of nitrogens with one attached hydrogen (secondary N) is 2. The van der Waals surface area contributed by atoms with Crippen molar-refractivity contribution in [2.45, 2.75) is 6.92 Å². The topological polar surface area (TPSA) is 111 Å². The normalized spacial score (nSPS) is 9.89. The summed E-state index contributed by atoms with van der Waals surface area (Å²) in [6.45, 7) is 1.32. The molecule has 0 aliphatic heterocycles. The molecule has 0 saturated carbocycles. The third-order valence-electron chi connectivity index (χ3n) is 3.58. The average molecular weight is 370 g/mol. The summed E-state index contributed by atoms with van der Waals surface area (Å²) in [7, 11) is 2.42. The number of benzene rings is 2. The first-order valence-corrected chi connectivity index (χ1v) is 7.86. The quantitative estimate of drug-likeness (QED) is 0.782. The summed E-state index contributed by atoms with van der Waals surface area (Å²) in [6, 6.07) is 10.4. The highest BCUT2D eigenvalue weighted by Gasteiger charge is 2.19. The van der Waals surface area contributed by atoms with Gasteiger partial charge in [-0.1, -0.05) is 12.1 Å². The molecule has 2 aromatic rings. The molecule has 2 amide bonds. The van der Waals surface area contributed by atoms with Crippen molar-refractivity contribution in [3.63, 3.8) is 0 Å². The SMILES string of the molecule is COC(=O)c1ccc(C(=O)OC)c(NC(=O)c2ccccc2NC(C)=O)c1. The molecule has 2 N–H and O–H groups in total. The molecule has 0 radical (unpaired) electrons. The molecule has 0 atom stereocenters. The smallest absolute Gasteiger partial charge is 0.339 e. The summed E-state index contributed by atoms with van der Waals surface area (Å²) in [5.74, 6) is -2.22. The predicted molar refractivity (Wildman–Crippen MR) is 97.8 cm³/mol. The second-order valence-electron chi connectivity index (χ2n) is 5.42. The first-order chi connectivity index (χ1) is 12.9. The van der Waals surface area contributed by atoms with E-state index in [0.717, 1.165) is 0 Å². The summed E-state index contributed by atoms with van der Waals surface area (Å²) >= 11 is 0. The van der Waals surface area contributed by atoms with Crippen molar-refractivity contribution in [2.24, 2.45) is 0 Å². The first kappa shape index (κ1) is 19.6. The van der Waals surface area contributed by atoms with Crippen molar-refractivity contribution in [2.75, 3.05) is 24.9 Å². The number of carbonyl (C=O) groups excluding carboxylic acids is 4. The zero-order valence-corrected chi connectivity index (χ0v) is 15.0. The number of amides is 2. The Balaban J connectivity index is 2.43. The van der Waals surface area contributed by atoms with Crippen LogP contribution in [0, 0.1) is 0 Å². The summed E-state index contributed by atoms with van der Waals surface area (Å²) < 4.78 is 9.36. The van der Waals surface area contributed by atoms with Gasteiger partial charge in [-0.05, 0) is 30.3 Å². The molecule has 8 heteroatoms. The Kier molecular flexibility index (Phi) is 6.27. The molecular weight excluding hydrogens is 352 g/mol. The molecule has 0 saturated heterocycles. The third kappa shape index (κ3) is 4.69. The molecule has 0 aromatic heterocycles. The molecule has 0 fully saturated rings. The van der Waals surface area contributed by atoms with Crippen LogP contribution in [0.2, 0.25) is 0 Å². The van der Waals surface area contributed by atoms with Crippen LogP contribution in [0.15, 0.2) is 42.5 Å². The maximum atomic E-state index is 12.7. The van der Waals surface area contributed by atoms with Crippen molar-refractivity contribution in [3.8, 4) is 0 Å². The number of rotatable bonds is 5. The molecular formula is C19H18N2O6. The van der Waals surface area contributed by atoms with Gasteiger partial charge in [-0.15, -0.1) is 0 Å². The van der Waals surface area contributed by atoms with Crippen LogP contribution in [0.1, 0.15) is 38.0 Å². The highest BCUT2D eigenvalue weighted by Crippen LogP contribution is 2.22. The Morgan fingerprint density at radius 2 is 1.44 bits per heavy atom. The minimum Gasteiger partial charge on any atom is -0.465 e. The van der Waals surface area contributed by atoms with E-state index in [1.54, 1.807) is 18.2 Å². The van der Waals surface area contributed by atoms with Crippen molar-refractivity contribution < 1.29 is 28.7 Å². The van der Waals surface area contributed by atoms with Crippen LogP contribution in [-0.4, -0.2) is 38.0 Å². The molecule has 0 unspecified atom stereocenters. The lowest BCUT2D eigenvalue weighted by atomic mass is 10.1. The second kappa shape index (κ2) is 8.61. The molecule has 0 aliphatic carbocycles. The molecule has 140 valence electrons. The maximum absolute atomic E-state index is 12.7. The molecule has 27 heavy (non-hydrogen) atoms. The predicted octanol–water partition coefficient (Wildman–Crippen LogP) is 2.47. The van der Waals surface area contributed by atoms with Gasteiger partial charge in [0.25, 0.3) is 5.91 Å². The maximum Gasteiger partial charge on any atom is 0.339 e. The molecule has 0 bridgehead atoms. The minimum atomic E-state index is -0.683. The standard InChI is InChI=1S/C19H18N2O6/c1-11(22)20-15-7-5-4-6-13(15)17(23)21-16-10-12(18(24)26-2)8-9-14(16)19(25)27-3/h4-10H,1-3H3,(H,20,22)(H,21,23). The fourth-order valence-corrected chi connectivity index (χ4v) is 2.35. The summed E-state index contributed by atoms with van der Waals surface area (Å²) in [5, 5.41) is 5.14. The van der Waals surface area contributed by atoms with E-state index in [9.17, 15) is 19.2 Å². The van der Waals surface area contributed by atoms with Gasteiger partial charge >= 0.3 is 11.9 Å². The Morgan fingerprint density at radius 1 is 0.778 bits per heavy atom. The number of ether oxygens (including phenoxy) is 2. The van der Waals surface area contributed by atoms with Crippen LogP contribution in [0.4, 0.5) is 11.4 Å². The van der Waals surface area contributed by atoms with Crippen LogP contribution in [0.25, 0.3) is 0 Å². The monoisotopic (exact) mass is 370 g/mol. The van der Waals surface area contributed by atoms with E-state index >= 15 is 0 Å². The van der Waals surface area contributed by atoms with E-state index in [0.29, 0.717) is 5.69 Å². The van der Waals surface area contributed by atoms with Gasteiger partial charge in [0.2, 0.25) is 5.91 Å². The van der Waals surface area contributed by atoms with Gasteiger partial charge in [-0.25, -0.2) is 9.59 Å². The Hall–Kier alpha value is -3.68. The first-order valence-electron chi connectivity index (χ1n) is 7.86. The fraction of sp³-hybridized carbons (Fsp3) is 0.158. The minimum absolute atomic E-state index is 0.0653. The van der Waals surface area contributed by atoms with Gasteiger partial charge in [-0.3, -0.25) is 9.59 Å². The van der Waals surface area contributed by atoms with E-state index < -0.39 is 17.8 Å². The number of esters is 2. The van der Waals surface area contributed by atoms with E-state index in [-0.39, 0.29) is 28.3 Å². The molecule has 0 spiro atoms. The Labute approximate surface area is 155 Å². The van der Waals surface area contributed by atoms with Crippen LogP contribution < -0.4 is 10.6 Å². The van der Waals surface area contributed by atoms with Gasteiger partial charge in [0.15, 0.2) is 0 Å². The average Bonchev–Trinajstić information content (AvgIpc) is 2.66. The van der Waals surface area contributed by atoms with Crippen LogP contribution >= 0.6 is 0 Å². The van der Waals surface area contributed by atoms with Gasteiger partial charge in [0, 0.05) is 6.92 Å². The van der Waals surface area contributed by atoms with Gasteiger partial charge in [0.05, 0.1) is 42.3 Å². The zero-order chi connectivity index (χ0) is 20.0. The lowest BCUT2D eigenvalue weighted by molar-refractivity contribution is -0.114. The molecule has 8 nitrogen and oxygen atoms in total. The number of methoxy groups -OCH3 is 2. The largest absolute Gasteiger partial charge is 0.465 e. The second-order valence-corrected chi connectivity index (χ2v) is 5.42. The summed E-state index contributed by atoms with van der Waals surface area (Å²) in [5.41, 5.74) is 0.789. The van der Waals surface area contributed by atoms with E-state index in [2.05, 4.69) is 15.4 Å². The van der Waals surface area contributed by atoms with Crippen LogP contribution in [0.5, 0.6) is 0 Å². The van der Waals surface area contributed by atoms with Crippen molar-refractivity contribution >= 4 is 35.1 Å². The van der Waals surface area contributed by atoms with Crippen molar-refractivity contribution in [3.05, 3.63) is 59.2 Å². The fourth-order valence-electron chi connectivity index (χ4n) is 2.35. The number of hydrogen-bond acceptors (Lipinski definition) is 6. The number of carbonyl (C=O) groups is 4. The Morgan fingerprint density at radius 3 is 2.07 bits per heavy atom. The van der Waals surface area contributed by atoms with E-state index in [1.165, 1.54) is 45.4 Å². The highest BCUT2D eigenvalue weighted by atomic mass is 16.5. The highest BCUT2D eigenvalue weighted by molar-refractivity contribution is 6.12. The lowest BCUT2D eigenvalue weighted by Gasteiger charge is -2.13. The van der Waals surface area contributed by atoms with Crippen LogP contribution in [-0.2, 0) is 14.3 Å². The van der Waals surface area contributed by atoms with Crippen molar-refractivity contribution in [1.82, 2.24) is 0 Å². The van der Waals surface area contributed by atoms with E-state index in [4.69, 9.17) is 4.74 Å². The molecule has 2 aromatic carbocycles. The van der Waals surface area contributed by atoms with Crippen LogP contribution in [0.3, 0.4) is 0 Å². The van der Waals surface area contributed by atoms with Gasteiger partial charge in [-0.2, -0.15) is 0 Å². The summed E-state index contributed by atoms with van der Waals surface area (Å²) in [6.07, 6.45) is 0. The zero-order valence-electron chi connectivity index (χ0n) is 15.0. The number of anilines is 2. The third-order valence-corrected chi connectivity index (χ3v) is 3.58. The Bertz CT molecular complexity index is 907. The number of hydrogen-bond donors (Lipinski definition) is 2. The summed E-state index contributed by atoms with van der Waals surface area (Å²) in [4.78, 5) is 47.7. The molecule has 2 rings (SSSR count). The molecule has 0 heterocycles. The van der Waals surface area contributed by atoms with Crippen molar-refractivity contribution in [1.29, 1.82) is 0 Å².